The van der Waals surface area contributed by atoms with E-state index in [1.54, 1.807) is 12.4 Å². The molecule has 0 saturated carbocycles. The highest BCUT2D eigenvalue weighted by atomic mass is 79.9. The molecule has 0 aliphatic carbocycles. The molecule has 6 nitrogen and oxygen atoms in total. The van der Waals surface area contributed by atoms with Gasteiger partial charge >= 0.3 is 6.01 Å². The lowest BCUT2D eigenvalue weighted by atomic mass is 10.2. The van der Waals surface area contributed by atoms with E-state index in [0.717, 1.165) is 13.1 Å². The van der Waals surface area contributed by atoms with Gasteiger partial charge in [-0.1, -0.05) is 0 Å². The van der Waals surface area contributed by atoms with E-state index in [2.05, 4.69) is 35.9 Å². The van der Waals surface area contributed by atoms with Gasteiger partial charge in [-0.05, 0) is 33.1 Å². The molecule has 0 saturated heterocycles. The molecule has 3 aromatic rings. The van der Waals surface area contributed by atoms with Crippen LogP contribution in [0.4, 0.5) is 6.01 Å². The summed E-state index contributed by atoms with van der Waals surface area (Å²) >= 11 is 3.27. The number of hydrogen-bond acceptors (Lipinski definition) is 6. The molecule has 0 unspecified atom stereocenters. The Morgan fingerprint density at radius 2 is 2.05 bits per heavy atom. The molecule has 19 heavy (non-hydrogen) atoms. The van der Waals surface area contributed by atoms with Crippen LogP contribution in [0.1, 0.15) is 11.1 Å². The van der Waals surface area contributed by atoms with Crippen LogP contribution in [0.15, 0.2) is 33.7 Å². The largest absolute Gasteiger partial charge is 0.402 e. The van der Waals surface area contributed by atoms with Crippen molar-refractivity contribution in [1.29, 1.82) is 0 Å². The van der Waals surface area contributed by atoms with Crippen molar-refractivity contribution in [3.8, 4) is 0 Å². The maximum Gasteiger partial charge on any atom is 0.301 e. The highest BCUT2D eigenvalue weighted by Gasteiger charge is 2.23. The quantitative estimate of drug-likeness (QED) is 0.686. The summed E-state index contributed by atoms with van der Waals surface area (Å²) in [4.78, 5) is 18.9. The van der Waals surface area contributed by atoms with Crippen molar-refractivity contribution in [3.05, 3.63) is 40.4 Å². The average Bonchev–Trinajstić information content (AvgIpc) is 3.00. The highest BCUT2D eigenvalue weighted by Crippen LogP contribution is 2.28. The molecule has 0 radical (unpaired) electrons. The number of rotatable bonds is 1. The number of oxazole rings is 1. The summed E-state index contributed by atoms with van der Waals surface area (Å²) in [5.74, 6) is 0. The molecular weight excluding hydrogens is 310 g/mol. The second-order valence-electron chi connectivity index (χ2n) is 4.32. The van der Waals surface area contributed by atoms with Gasteiger partial charge in [0.1, 0.15) is 4.60 Å². The minimum Gasteiger partial charge on any atom is -0.402 e. The van der Waals surface area contributed by atoms with E-state index in [0.29, 0.717) is 22.0 Å². The summed E-state index contributed by atoms with van der Waals surface area (Å²) in [5, 5.41) is 0. The molecule has 3 aromatic heterocycles. The molecule has 1 aliphatic heterocycles. The van der Waals surface area contributed by atoms with Gasteiger partial charge in [0.05, 0.1) is 6.20 Å². The molecule has 4 heterocycles. The van der Waals surface area contributed by atoms with E-state index in [9.17, 15) is 0 Å². The van der Waals surface area contributed by atoms with Crippen molar-refractivity contribution >= 4 is 33.3 Å². The Morgan fingerprint density at radius 1 is 1.16 bits per heavy atom. The van der Waals surface area contributed by atoms with Crippen LogP contribution in [0.5, 0.6) is 0 Å². The van der Waals surface area contributed by atoms with Gasteiger partial charge in [0.25, 0.3) is 5.71 Å². The lowest BCUT2D eigenvalue weighted by molar-refractivity contribution is 0.564. The van der Waals surface area contributed by atoms with Crippen molar-refractivity contribution in [1.82, 2.24) is 19.9 Å². The van der Waals surface area contributed by atoms with Crippen LogP contribution in [-0.4, -0.2) is 19.9 Å². The highest BCUT2D eigenvalue weighted by molar-refractivity contribution is 9.10. The number of nitrogens with zero attached hydrogens (tertiary/aromatic N) is 5. The fourth-order valence-electron chi connectivity index (χ4n) is 2.18. The molecule has 94 valence electrons. The van der Waals surface area contributed by atoms with Gasteiger partial charge in [0, 0.05) is 25.5 Å². The Hall–Kier alpha value is -2.02. The molecule has 0 fully saturated rings. The van der Waals surface area contributed by atoms with E-state index < -0.39 is 0 Å². The van der Waals surface area contributed by atoms with Crippen molar-refractivity contribution in [2.45, 2.75) is 13.1 Å². The molecule has 0 atom stereocenters. The predicted octanol–water partition coefficient (Wildman–Crippen LogP) is 2.30. The van der Waals surface area contributed by atoms with Crippen LogP contribution in [-0.2, 0) is 13.1 Å². The normalized spacial score (nSPS) is 14.1. The topological polar surface area (TPSA) is 67.9 Å². The average molecular weight is 318 g/mol. The molecule has 0 N–H and O–H groups in total. The number of aromatic nitrogens is 4. The SMILES string of the molecule is Brc1cnc2oc(N3Cc4ccncc4C3)nc2n1. The first-order valence-electron chi connectivity index (χ1n) is 5.75. The third-order valence-electron chi connectivity index (χ3n) is 3.08. The summed E-state index contributed by atoms with van der Waals surface area (Å²) in [7, 11) is 0. The van der Waals surface area contributed by atoms with Gasteiger partial charge in [-0.15, -0.1) is 0 Å². The lowest BCUT2D eigenvalue weighted by Gasteiger charge is -2.10. The molecule has 1 aliphatic rings. The van der Waals surface area contributed by atoms with Crippen molar-refractivity contribution in [2.24, 2.45) is 0 Å². The van der Waals surface area contributed by atoms with Crippen molar-refractivity contribution in [3.63, 3.8) is 0 Å². The minimum absolute atomic E-state index is 0.451. The minimum atomic E-state index is 0.451. The second kappa shape index (κ2) is 3.99. The Morgan fingerprint density at radius 3 is 2.95 bits per heavy atom. The second-order valence-corrected chi connectivity index (χ2v) is 5.13. The summed E-state index contributed by atoms with van der Waals surface area (Å²) in [6.45, 7) is 1.52. The zero-order valence-electron chi connectivity index (χ0n) is 9.75. The van der Waals surface area contributed by atoms with Gasteiger partial charge in [-0.25, -0.2) is 9.97 Å². The van der Waals surface area contributed by atoms with Crippen LogP contribution < -0.4 is 4.90 Å². The third-order valence-corrected chi connectivity index (χ3v) is 3.46. The molecule has 0 aromatic carbocycles. The Kier molecular flexibility index (Phi) is 2.28. The lowest BCUT2D eigenvalue weighted by Crippen LogP contribution is -2.14. The number of hydrogen-bond donors (Lipinski definition) is 0. The first-order chi connectivity index (χ1) is 9.29. The zero-order chi connectivity index (χ0) is 12.8. The first kappa shape index (κ1) is 10.9. The summed E-state index contributed by atoms with van der Waals surface area (Å²) in [5.41, 5.74) is 3.41. The van der Waals surface area contributed by atoms with Crippen LogP contribution in [0.25, 0.3) is 11.4 Å². The fourth-order valence-corrected chi connectivity index (χ4v) is 2.45. The Labute approximate surface area is 116 Å². The van der Waals surface area contributed by atoms with Gasteiger partial charge in [0.15, 0.2) is 0 Å². The number of pyridine rings is 1. The third kappa shape index (κ3) is 1.77. The van der Waals surface area contributed by atoms with E-state index >= 15 is 0 Å². The molecular formula is C12H8BrN5O. The van der Waals surface area contributed by atoms with E-state index in [-0.39, 0.29) is 0 Å². The monoisotopic (exact) mass is 317 g/mol. The van der Waals surface area contributed by atoms with E-state index in [1.165, 1.54) is 11.1 Å². The van der Waals surface area contributed by atoms with Crippen molar-refractivity contribution in [2.75, 3.05) is 4.90 Å². The number of halogens is 1. The van der Waals surface area contributed by atoms with Crippen LogP contribution in [0, 0.1) is 0 Å². The fraction of sp³-hybridized carbons (Fsp3) is 0.167. The maximum absolute atomic E-state index is 5.64. The van der Waals surface area contributed by atoms with Crippen LogP contribution in [0.2, 0.25) is 0 Å². The summed E-state index contributed by atoms with van der Waals surface area (Å²) in [6.07, 6.45) is 5.28. The molecule has 7 heteroatoms. The van der Waals surface area contributed by atoms with Crippen LogP contribution >= 0.6 is 15.9 Å². The smallest absolute Gasteiger partial charge is 0.301 e. The number of fused-ring (bicyclic) bond motifs is 2. The molecule has 0 bridgehead atoms. The molecule has 4 rings (SSSR count). The number of anilines is 1. The van der Waals surface area contributed by atoms with Gasteiger partial charge in [-0.2, -0.15) is 4.98 Å². The Bertz CT molecular complexity index is 747. The summed E-state index contributed by atoms with van der Waals surface area (Å²) in [6, 6.07) is 2.56. The Balaban J connectivity index is 1.73. The van der Waals surface area contributed by atoms with Gasteiger partial charge in [-0.3, -0.25) is 4.98 Å². The molecule has 0 spiro atoms. The maximum atomic E-state index is 5.64. The van der Waals surface area contributed by atoms with E-state index in [4.69, 9.17) is 4.42 Å². The summed E-state index contributed by atoms with van der Waals surface area (Å²) < 4.78 is 6.29. The molecule has 0 amide bonds. The predicted molar refractivity (Wildman–Crippen MR) is 71.4 cm³/mol. The van der Waals surface area contributed by atoms with Crippen molar-refractivity contribution < 1.29 is 4.42 Å². The van der Waals surface area contributed by atoms with Gasteiger partial charge in [0.2, 0.25) is 5.65 Å². The zero-order valence-corrected chi connectivity index (χ0v) is 11.3. The van der Waals surface area contributed by atoms with E-state index in [1.807, 2.05) is 17.2 Å². The first-order valence-corrected chi connectivity index (χ1v) is 6.55. The standard InChI is InChI=1S/C12H8BrN5O/c13-9-4-15-11-10(16-9)17-12(19-11)18-5-7-1-2-14-3-8(7)6-18/h1-4H,5-6H2. The van der Waals surface area contributed by atoms with Gasteiger partial charge < -0.3 is 9.32 Å². The van der Waals surface area contributed by atoms with Crippen LogP contribution in [0.3, 0.4) is 0 Å².